The van der Waals surface area contributed by atoms with Crippen molar-refractivity contribution >= 4 is 28.3 Å². The molecule has 1 amide bonds. The molecule has 0 aliphatic heterocycles. The third-order valence-electron chi connectivity index (χ3n) is 4.29. The van der Waals surface area contributed by atoms with E-state index in [2.05, 4.69) is 15.5 Å². The van der Waals surface area contributed by atoms with E-state index in [4.69, 9.17) is 4.74 Å². The summed E-state index contributed by atoms with van der Waals surface area (Å²) >= 11 is 0. The van der Waals surface area contributed by atoms with Crippen LogP contribution in [0.3, 0.4) is 0 Å². The zero-order chi connectivity index (χ0) is 20.4. The molecule has 0 atom stereocenters. The van der Waals surface area contributed by atoms with Crippen LogP contribution in [-0.4, -0.2) is 32.9 Å². The first-order valence-electron chi connectivity index (χ1n) is 8.61. The van der Waals surface area contributed by atoms with Gasteiger partial charge in [0, 0.05) is 11.8 Å². The van der Waals surface area contributed by atoms with Gasteiger partial charge < -0.3 is 10.1 Å². The number of hydrogen-bond donors (Lipinski definition) is 1. The molecule has 0 bridgehead atoms. The second kappa shape index (κ2) is 7.39. The van der Waals surface area contributed by atoms with Crippen LogP contribution in [0.2, 0.25) is 0 Å². The zero-order valence-corrected chi connectivity index (χ0v) is 15.3. The van der Waals surface area contributed by atoms with Crippen molar-refractivity contribution in [2.24, 2.45) is 0 Å². The summed E-state index contributed by atoms with van der Waals surface area (Å²) in [6, 6.07) is 18.1. The molecule has 1 heterocycles. The first-order chi connectivity index (χ1) is 14.0. The van der Waals surface area contributed by atoms with E-state index >= 15 is 0 Å². The third-order valence-corrected chi connectivity index (χ3v) is 4.29. The molecule has 3 aromatic carbocycles. The molecule has 0 aliphatic carbocycles. The van der Waals surface area contributed by atoms with Crippen molar-refractivity contribution < 1.29 is 14.5 Å². The molecule has 1 N–H and O–H groups in total. The van der Waals surface area contributed by atoms with Gasteiger partial charge in [0.1, 0.15) is 22.3 Å². The highest BCUT2D eigenvalue weighted by atomic mass is 16.6. The van der Waals surface area contributed by atoms with E-state index < -0.39 is 10.8 Å². The van der Waals surface area contributed by atoms with Crippen LogP contribution in [0.25, 0.3) is 16.7 Å². The summed E-state index contributed by atoms with van der Waals surface area (Å²) in [6.07, 6.45) is 0. The van der Waals surface area contributed by atoms with Crippen molar-refractivity contribution in [3.8, 4) is 11.4 Å². The molecule has 0 saturated carbocycles. The molecule has 0 saturated heterocycles. The molecule has 9 heteroatoms. The highest BCUT2D eigenvalue weighted by molar-refractivity contribution is 6.07. The van der Waals surface area contributed by atoms with Gasteiger partial charge in [-0.1, -0.05) is 12.1 Å². The Labute approximate surface area is 164 Å². The van der Waals surface area contributed by atoms with Crippen LogP contribution in [0.5, 0.6) is 5.75 Å². The number of nitro benzene ring substituents is 1. The minimum absolute atomic E-state index is 0.0144. The molecule has 4 rings (SSSR count). The Hall–Kier alpha value is -4.27. The normalized spacial score (nSPS) is 10.7. The molecular weight excluding hydrogens is 374 g/mol. The molecular formula is C20H15N5O4. The molecule has 0 aliphatic rings. The number of aromatic nitrogens is 3. The number of fused-ring (bicyclic) bond motifs is 1. The number of carbonyl (C=O) groups excluding carboxylic acids is 1. The van der Waals surface area contributed by atoms with E-state index in [9.17, 15) is 14.9 Å². The van der Waals surface area contributed by atoms with E-state index in [1.165, 1.54) is 23.0 Å². The van der Waals surface area contributed by atoms with Gasteiger partial charge in [0.05, 0.1) is 17.7 Å². The van der Waals surface area contributed by atoms with E-state index in [0.717, 1.165) is 11.4 Å². The summed E-state index contributed by atoms with van der Waals surface area (Å²) in [6.45, 7) is 0. The number of rotatable bonds is 5. The Bertz CT molecular complexity index is 1220. The lowest BCUT2D eigenvalue weighted by atomic mass is 10.1. The smallest absolute Gasteiger partial charge is 0.282 e. The van der Waals surface area contributed by atoms with Crippen LogP contribution in [0.4, 0.5) is 11.4 Å². The standard InChI is InChI=1S/C20H15N5O4/c1-29-15-9-7-14(8-10-15)24-22-17-11-6-13(12-18(17)23-24)21-20(26)16-4-2-3-5-19(16)25(27)28/h2-12H,1H3,(H,21,26). The van der Waals surface area contributed by atoms with Crippen LogP contribution in [0.1, 0.15) is 10.4 Å². The van der Waals surface area contributed by atoms with Crippen molar-refractivity contribution in [3.63, 3.8) is 0 Å². The monoisotopic (exact) mass is 389 g/mol. The van der Waals surface area contributed by atoms with Gasteiger partial charge >= 0.3 is 0 Å². The Kier molecular flexibility index (Phi) is 4.62. The number of hydrogen-bond acceptors (Lipinski definition) is 6. The van der Waals surface area contributed by atoms with Crippen LogP contribution in [0, 0.1) is 10.1 Å². The summed E-state index contributed by atoms with van der Waals surface area (Å²) in [5.74, 6) is 0.157. The van der Waals surface area contributed by atoms with Crippen LogP contribution in [0.15, 0.2) is 66.7 Å². The van der Waals surface area contributed by atoms with Crippen molar-refractivity contribution in [1.82, 2.24) is 15.0 Å². The number of anilines is 1. The minimum Gasteiger partial charge on any atom is -0.497 e. The van der Waals surface area contributed by atoms with Gasteiger partial charge in [-0.05, 0) is 48.5 Å². The van der Waals surface area contributed by atoms with Crippen molar-refractivity contribution in [3.05, 3.63) is 82.4 Å². The summed E-state index contributed by atoms with van der Waals surface area (Å²) in [4.78, 5) is 24.5. The maximum Gasteiger partial charge on any atom is 0.282 e. The molecule has 0 unspecified atom stereocenters. The largest absolute Gasteiger partial charge is 0.497 e. The Balaban J connectivity index is 1.61. The molecule has 0 radical (unpaired) electrons. The number of nitro groups is 1. The second-order valence-corrected chi connectivity index (χ2v) is 6.12. The predicted octanol–water partition coefficient (Wildman–Crippen LogP) is 3.59. The average molecular weight is 389 g/mol. The number of amides is 1. The van der Waals surface area contributed by atoms with Crippen LogP contribution >= 0.6 is 0 Å². The molecule has 1 aromatic heterocycles. The zero-order valence-electron chi connectivity index (χ0n) is 15.3. The van der Waals surface area contributed by atoms with Gasteiger partial charge in [-0.3, -0.25) is 14.9 Å². The Morgan fingerprint density at radius 3 is 2.48 bits per heavy atom. The first kappa shape index (κ1) is 18.1. The number of ether oxygens (including phenoxy) is 1. The molecule has 0 fully saturated rings. The number of benzene rings is 3. The number of nitrogens with zero attached hydrogens (tertiary/aromatic N) is 4. The van der Waals surface area contributed by atoms with Gasteiger partial charge in [0.25, 0.3) is 11.6 Å². The molecule has 4 aromatic rings. The van der Waals surface area contributed by atoms with Gasteiger partial charge in [-0.2, -0.15) is 4.80 Å². The SMILES string of the molecule is COc1ccc(-n2nc3ccc(NC(=O)c4ccccc4[N+](=O)[O-])cc3n2)cc1. The van der Waals surface area contributed by atoms with E-state index in [-0.39, 0.29) is 11.3 Å². The topological polar surface area (TPSA) is 112 Å². The maximum atomic E-state index is 12.5. The molecule has 9 nitrogen and oxygen atoms in total. The van der Waals surface area contributed by atoms with E-state index in [1.807, 2.05) is 24.3 Å². The molecule has 29 heavy (non-hydrogen) atoms. The average Bonchev–Trinajstić information content (AvgIpc) is 3.17. The van der Waals surface area contributed by atoms with Gasteiger partial charge in [0.2, 0.25) is 0 Å². The fourth-order valence-corrected chi connectivity index (χ4v) is 2.85. The van der Waals surface area contributed by atoms with Crippen LogP contribution < -0.4 is 10.1 Å². The van der Waals surface area contributed by atoms with Gasteiger partial charge in [-0.25, -0.2) is 0 Å². The molecule has 0 spiro atoms. The number of methoxy groups -OCH3 is 1. The lowest BCUT2D eigenvalue weighted by molar-refractivity contribution is -0.385. The quantitative estimate of drug-likeness (QED) is 0.412. The lowest BCUT2D eigenvalue weighted by Gasteiger charge is -2.05. The van der Waals surface area contributed by atoms with Gasteiger partial charge in [0.15, 0.2) is 0 Å². The fraction of sp³-hybridized carbons (Fsp3) is 0.0500. The fourth-order valence-electron chi connectivity index (χ4n) is 2.85. The minimum atomic E-state index is -0.585. The highest BCUT2D eigenvalue weighted by Crippen LogP contribution is 2.22. The summed E-state index contributed by atoms with van der Waals surface area (Å²) in [5.41, 5.74) is 2.16. The first-order valence-corrected chi connectivity index (χ1v) is 8.61. The predicted molar refractivity (Wildman–Crippen MR) is 106 cm³/mol. The van der Waals surface area contributed by atoms with Crippen molar-refractivity contribution in [2.45, 2.75) is 0 Å². The molecule has 144 valence electrons. The summed E-state index contributed by atoms with van der Waals surface area (Å²) in [5, 5.41) is 22.6. The van der Waals surface area contributed by atoms with Gasteiger partial charge in [-0.15, -0.1) is 10.2 Å². The Morgan fingerprint density at radius 2 is 1.76 bits per heavy atom. The summed E-state index contributed by atoms with van der Waals surface area (Å²) < 4.78 is 5.14. The van der Waals surface area contributed by atoms with Crippen molar-refractivity contribution in [2.75, 3.05) is 12.4 Å². The lowest BCUT2D eigenvalue weighted by Crippen LogP contribution is -2.13. The number of para-hydroxylation sites is 1. The Morgan fingerprint density at radius 1 is 1.03 bits per heavy atom. The second-order valence-electron chi connectivity index (χ2n) is 6.12. The van der Waals surface area contributed by atoms with E-state index in [1.54, 1.807) is 31.4 Å². The van der Waals surface area contributed by atoms with E-state index in [0.29, 0.717) is 16.7 Å². The number of carbonyl (C=O) groups is 1. The van der Waals surface area contributed by atoms with Crippen LogP contribution in [-0.2, 0) is 0 Å². The van der Waals surface area contributed by atoms with Crippen molar-refractivity contribution in [1.29, 1.82) is 0 Å². The number of nitrogens with one attached hydrogen (secondary N) is 1. The summed E-state index contributed by atoms with van der Waals surface area (Å²) in [7, 11) is 1.59. The highest BCUT2D eigenvalue weighted by Gasteiger charge is 2.19. The third kappa shape index (κ3) is 3.61. The maximum absolute atomic E-state index is 12.5.